The molecular formula is C18H31N5O. The first kappa shape index (κ1) is 18.5. The first-order valence-electron chi connectivity index (χ1n) is 9.12. The molecule has 1 fully saturated rings. The molecule has 0 spiro atoms. The van der Waals surface area contributed by atoms with Crippen LogP contribution in [0.15, 0.2) is 34.2 Å². The monoisotopic (exact) mass is 333 g/mol. The molecule has 0 unspecified atom stereocenters. The van der Waals surface area contributed by atoms with Gasteiger partial charge in [0.25, 0.3) is 0 Å². The van der Waals surface area contributed by atoms with Gasteiger partial charge in [0.15, 0.2) is 5.96 Å². The number of nitrogens with zero attached hydrogens (tertiary/aromatic N) is 3. The molecule has 2 rings (SSSR count). The lowest BCUT2D eigenvalue weighted by atomic mass is 10.1. The molecular weight excluding hydrogens is 302 g/mol. The van der Waals surface area contributed by atoms with E-state index >= 15 is 0 Å². The van der Waals surface area contributed by atoms with Gasteiger partial charge in [-0.15, -0.1) is 0 Å². The number of rotatable bonds is 8. The van der Waals surface area contributed by atoms with Crippen molar-refractivity contribution < 1.29 is 0 Å². The molecule has 0 atom stereocenters. The van der Waals surface area contributed by atoms with E-state index in [9.17, 15) is 4.79 Å². The molecule has 6 nitrogen and oxygen atoms in total. The van der Waals surface area contributed by atoms with Gasteiger partial charge in [-0.05, 0) is 44.8 Å². The zero-order valence-electron chi connectivity index (χ0n) is 14.8. The van der Waals surface area contributed by atoms with E-state index in [0.717, 1.165) is 45.0 Å². The van der Waals surface area contributed by atoms with Gasteiger partial charge in [-0.2, -0.15) is 0 Å². The molecule has 134 valence electrons. The standard InChI is InChI=1S/C18H31N5O/c1-19-18(21-11-16-22-12-5-2-6-13-22)20-10-4-8-15-23-14-7-3-9-17(23)24/h3,7,9,14H,2,4-6,8,10-13,15-16H2,1H3,(H2,19,20,21). The number of piperidine rings is 1. The van der Waals surface area contributed by atoms with Crippen LogP contribution in [0.1, 0.15) is 32.1 Å². The lowest BCUT2D eigenvalue weighted by molar-refractivity contribution is 0.232. The van der Waals surface area contributed by atoms with Gasteiger partial charge < -0.3 is 20.1 Å². The molecule has 1 saturated heterocycles. The number of hydrogen-bond donors (Lipinski definition) is 2. The van der Waals surface area contributed by atoms with Crippen molar-refractivity contribution in [2.45, 2.75) is 38.6 Å². The van der Waals surface area contributed by atoms with Crippen molar-refractivity contribution in [1.82, 2.24) is 20.1 Å². The highest BCUT2D eigenvalue weighted by Gasteiger charge is 2.09. The third-order valence-corrected chi connectivity index (χ3v) is 4.41. The Balaban J connectivity index is 1.54. The van der Waals surface area contributed by atoms with Crippen molar-refractivity contribution in [2.24, 2.45) is 4.99 Å². The molecule has 0 amide bonds. The van der Waals surface area contributed by atoms with Gasteiger partial charge in [0.1, 0.15) is 0 Å². The van der Waals surface area contributed by atoms with Crippen molar-refractivity contribution in [3.8, 4) is 0 Å². The molecule has 1 aliphatic rings. The molecule has 1 aromatic rings. The summed E-state index contributed by atoms with van der Waals surface area (Å²) in [5.41, 5.74) is 0.0700. The Kier molecular flexibility index (Phi) is 8.38. The van der Waals surface area contributed by atoms with Crippen LogP contribution in [0.5, 0.6) is 0 Å². The van der Waals surface area contributed by atoms with Crippen molar-refractivity contribution in [3.05, 3.63) is 34.7 Å². The topological polar surface area (TPSA) is 61.7 Å². The molecule has 2 heterocycles. The number of likely N-dealkylation sites (tertiary alicyclic amines) is 1. The second kappa shape index (κ2) is 10.9. The van der Waals surface area contributed by atoms with Gasteiger partial charge in [0, 0.05) is 45.5 Å². The van der Waals surface area contributed by atoms with Crippen LogP contribution in [0.3, 0.4) is 0 Å². The lowest BCUT2D eigenvalue weighted by Gasteiger charge is -2.26. The number of guanidine groups is 1. The first-order valence-corrected chi connectivity index (χ1v) is 9.12. The van der Waals surface area contributed by atoms with E-state index in [2.05, 4.69) is 20.5 Å². The third-order valence-electron chi connectivity index (χ3n) is 4.41. The molecule has 24 heavy (non-hydrogen) atoms. The maximum absolute atomic E-state index is 11.6. The van der Waals surface area contributed by atoms with E-state index in [1.165, 1.54) is 32.4 Å². The molecule has 6 heteroatoms. The predicted molar refractivity (Wildman–Crippen MR) is 99.6 cm³/mol. The minimum atomic E-state index is 0.0700. The van der Waals surface area contributed by atoms with Gasteiger partial charge in [0.2, 0.25) is 5.56 Å². The summed E-state index contributed by atoms with van der Waals surface area (Å²) in [4.78, 5) is 18.4. The predicted octanol–water partition coefficient (Wildman–Crippen LogP) is 1.28. The van der Waals surface area contributed by atoms with Gasteiger partial charge >= 0.3 is 0 Å². The summed E-state index contributed by atoms with van der Waals surface area (Å²) >= 11 is 0. The van der Waals surface area contributed by atoms with Gasteiger partial charge in [-0.3, -0.25) is 9.79 Å². The van der Waals surface area contributed by atoms with Crippen molar-refractivity contribution >= 4 is 5.96 Å². The molecule has 2 N–H and O–H groups in total. The molecule has 0 radical (unpaired) electrons. The van der Waals surface area contributed by atoms with E-state index in [1.807, 2.05) is 12.3 Å². The largest absolute Gasteiger partial charge is 0.356 e. The summed E-state index contributed by atoms with van der Waals surface area (Å²) in [5.74, 6) is 0.865. The fraction of sp³-hybridized carbons (Fsp3) is 0.667. The highest BCUT2D eigenvalue weighted by molar-refractivity contribution is 5.79. The minimum absolute atomic E-state index is 0.0700. The second-order valence-electron chi connectivity index (χ2n) is 6.27. The van der Waals surface area contributed by atoms with Gasteiger partial charge in [-0.1, -0.05) is 12.5 Å². The van der Waals surface area contributed by atoms with E-state index in [0.29, 0.717) is 0 Å². The van der Waals surface area contributed by atoms with E-state index in [-0.39, 0.29) is 5.56 Å². The van der Waals surface area contributed by atoms with Crippen LogP contribution in [0.2, 0.25) is 0 Å². The summed E-state index contributed by atoms with van der Waals surface area (Å²) in [7, 11) is 1.81. The molecule has 1 aliphatic heterocycles. The SMILES string of the molecule is CN=C(NCCCCn1ccccc1=O)NCCN1CCCCC1. The van der Waals surface area contributed by atoms with Crippen molar-refractivity contribution in [3.63, 3.8) is 0 Å². The summed E-state index contributed by atoms with van der Waals surface area (Å²) in [6.07, 6.45) is 7.86. The highest BCUT2D eigenvalue weighted by atomic mass is 16.1. The van der Waals surface area contributed by atoms with Crippen LogP contribution in [-0.2, 0) is 6.54 Å². The summed E-state index contributed by atoms with van der Waals surface area (Å²) < 4.78 is 1.76. The zero-order valence-corrected chi connectivity index (χ0v) is 14.8. The Morgan fingerprint density at radius 3 is 2.62 bits per heavy atom. The van der Waals surface area contributed by atoms with Gasteiger partial charge in [0.05, 0.1) is 0 Å². The molecule has 0 aliphatic carbocycles. The van der Waals surface area contributed by atoms with Crippen LogP contribution in [0.25, 0.3) is 0 Å². The maximum Gasteiger partial charge on any atom is 0.250 e. The average Bonchev–Trinajstić information content (AvgIpc) is 2.62. The van der Waals surface area contributed by atoms with Crippen LogP contribution in [0.4, 0.5) is 0 Å². The molecule has 0 aromatic carbocycles. The van der Waals surface area contributed by atoms with Crippen LogP contribution in [-0.4, -0.2) is 55.2 Å². The maximum atomic E-state index is 11.6. The average molecular weight is 333 g/mol. The molecule has 0 bridgehead atoms. The number of unbranched alkanes of at least 4 members (excludes halogenated alkanes) is 1. The third kappa shape index (κ3) is 6.74. The number of aryl methyl sites for hydroxylation is 1. The Morgan fingerprint density at radius 1 is 1.08 bits per heavy atom. The van der Waals surface area contributed by atoms with Crippen LogP contribution in [0, 0.1) is 0 Å². The second-order valence-corrected chi connectivity index (χ2v) is 6.27. The van der Waals surface area contributed by atoms with Crippen LogP contribution >= 0.6 is 0 Å². The number of aromatic nitrogens is 1. The van der Waals surface area contributed by atoms with Gasteiger partial charge in [-0.25, -0.2) is 0 Å². The van der Waals surface area contributed by atoms with E-state index in [1.54, 1.807) is 23.7 Å². The Labute approximate surface area is 145 Å². The first-order chi connectivity index (χ1) is 11.8. The number of aliphatic imine (C=N–C) groups is 1. The number of hydrogen-bond acceptors (Lipinski definition) is 3. The summed E-state index contributed by atoms with van der Waals surface area (Å²) in [6.45, 7) is 6.10. The molecule has 0 saturated carbocycles. The van der Waals surface area contributed by atoms with Crippen LogP contribution < -0.4 is 16.2 Å². The van der Waals surface area contributed by atoms with E-state index in [4.69, 9.17) is 0 Å². The lowest BCUT2D eigenvalue weighted by Crippen LogP contribution is -2.42. The number of nitrogens with one attached hydrogen (secondary N) is 2. The fourth-order valence-electron chi connectivity index (χ4n) is 3.00. The van der Waals surface area contributed by atoms with Crippen molar-refractivity contribution in [1.29, 1.82) is 0 Å². The Hall–Kier alpha value is -1.82. The molecule has 1 aromatic heterocycles. The van der Waals surface area contributed by atoms with E-state index < -0.39 is 0 Å². The summed E-state index contributed by atoms with van der Waals surface area (Å²) in [6, 6.07) is 5.28. The summed E-state index contributed by atoms with van der Waals surface area (Å²) in [5, 5.41) is 6.72. The minimum Gasteiger partial charge on any atom is -0.356 e. The highest BCUT2D eigenvalue weighted by Crippen LogP contribution is 2.07. The van der Waals surface area contributed by atoms with Crippen molar-refractivity contribution in [2.75, 3.05) is 39.8 Å². The number of pyridine rings is 1. The normalized spacial score (nSPS) is 16.1. The smallest absolute Gasteiger partial charge is 0.250 e. The zero-order chi connectivity index (χ0) is 17.0. The Bertz CT molecular complexity index is 548. The quantitative estimate of drug-likeness (QED) is 0.427. The fourth-order valence-corrected chi connectivity index (χ4v) is 3.00. The Morgan fingerprint density at radius 2 is 1.88 bits per heavy atom.